The Morgan fingerprint density at radius 2 is 2.12 bits per heavy atom. The largest absolute Gasteiger partial charge is 0.466 e. The molecule has 0 amide bonds. The minimum Gasteiger partial charge on any atom is -0.466 e. The van der Waals surface area contributed by atoms with Gasteiger partial charge in [0.1, 0.15) is 5.78 Å². The van der Waals surface area contributed by atoms with Gasteiger partial charge in [-0.05, 0) is 37.9 Å². The van der Waals surface area contributed by atoms with Gasteiger partial charge in [0.05, 0.1) is 18.1 Å². The number of piperidine rings is 1. The molecule has 4 atom stereocenters. The molecule has 0 saturated carbocycles. The van der Waals surface area contributed by atoms with E-state index in [1.54, 1.807) is 6.92 Å². The molecule has 1 aromatic carbocycles. The van der Waals surface area contributed by atoms with Crippen LogP contribution in [-0.4, -0.2) is 42.9 Å². The lowest BCUT2D eigenvalue weighted by Gasteiger charge is -2.50. The van der Waals surface area contributed by atoms with Crippen LogP contribution in [0.4, 0.5) is 5.69 Å². The Balaban J connectivity index is 1.79. The number of rotatable bonds is 2. The number of hydrogen-bond acceptors (Lipinski definition) is 5. The number of fused-ring (bicyclic) bond motifs is 2. The predicted octanol–water partition coefficient (Wildman–Crippen LogP) is 2.09. The van der Waals surface area contributed by atoms with Gasteiger partial charge in [-0.3, -0.25) is 9.69 Å². The van der Waals surface area contributed by atoms with E-state index in [1.807, 2.05) is 6.07 Å². The number of nitrogens with one attached hydrogen (secondary N) is 1. The Hall–Kier alpha value is -2.14. The highest BCUT2D eigenvalue weighted by Gasteiger charge is 2.63. The highest BCUT2D eigenvalue weighted by atomic mass is 16.5. The summed E-state index contributed by atoms with van der Waals surface area (Å²) in [7, 11) is 1.43. The third-order valence-electron chi connectivity index (χ3n) is 6.88. The van der Waals surface area contributed by atoms with Crippen molar-refractivity contribution in [3.8, 4) is 0 Å². The molecule has 5 heteroatoms. The molecule has 1 aliphatic carbocycles. The zero-order valence-electron chi connectivity index (χ0n) is 14.5. The van der Waals surface area contributed by atoms with Crippen molar-refractivity contribution in [2.75, 3.05) is 25.5 Å². The number of Topliss-reactive ketones (excluding diaryl/α,β-unsaturated/α-hetero) is 1. The van der Waals surface area contributed by atoms with E-state index in [0.717, 1.165) is 37.3 Å². The van der Waals surface area contributed by atoms with Gasteiger partial charge in [0.25, 0.3) is 0 Å². The molecule has 1 N–H and O–H groups in total. The van der Waals surface area contributed by atoms with E-state index in [4.69, 9.17) is 4.74 Å². The maximum Gasteiger partial charge on any atom is 0.335 e. The molecular weight excluding hydrogens is 316 g/mol. The second-order valence-corrected chi connectivity index (χ2v) is 7.74. The Bertz CT molecular complexity index is 830. The Morgan fingerprint density at radius 3 is 2.88 bits per heavy atom. The summed E-state index contributed by atoms with van der Waals surface area (Å²) < 4.78 is 5.16. The number of ether oxygens (including phenoxy) is 1. The van der Waals surface area contributed by atoms with Gasteiger partial charge in [-0.2, -0.15) is 0 Å². The molecule has 4 aliphatic rings. The predicted molar refractivity (Wildman–Crippen MR) is 93.0 cm³/mol. The third-order valence-corrected chi connectivity index (χ3v) is 6.88. The van der Waals surface area contributed by atoms with Crippen molar-refractivity contribution >= 4 is 17.4 Å². The molecule has 5 rings (SSSR count). The van der Waals surface area contributed by atoms with Crippen molar-refractivity contribution in [2.24, 2.45) is 11.8 Å². The standard InChI is InChI=1S/C20H22N2O3/c1-11(23)13-10-22-8-7-20-14-5-3-4-6-15(14)21-18(20)17(19(24)25-2)12(13)9-16(20)22/h3-6,12-13,16,21H,7-10H2,1-2H3/t12?,13-,16?,20+/m0/s1. The molecule has 3 heterocycles. The van der Waals surface area contributed by atoms with Crippen LogP contribution in [0.15, 0.2) is 35.5 Å². The van der Waals surface area contributed by atoms with Crippen LogP contribution >= 0.6 is 0 Å². The lowest BCUT2D eigenvalue weighted by molar-refractivity contribution is -0.138. The van der Waals surface area contributed by atoms with Crippen molar-refractivity contribution in [1.29, 1.82) is 0 Å². The summed E-state index contributed by atoms with van der Waals surface area (Å²) in [5.74, 6) is -0.293. The highest BCUT2D eigenvalue weighted by Crippen LogP contribution is 2.61. The molecule has 0 radical (unpaired) electrons. The lowest BCUT2D eigenvalue weighted by Crippen LogP contribution is -2.56. The van der Waals surface area contributed by atoms with Gasteiger partial charge in [0.15, 0.2) is 0 Å². The van der Waals surface area contributed by atoms with Crippen molar-refractivity contribution in [3.63, 3.8) is 0 Å². The molecule has 2 bridgehead atoms. The van der Waals surface area contributed by atoms with Gasteiger partial charge in [-0.1, -0.05) is 18.2 Å². The van der Waals surface area contributed by atoms with Crippen LogP contribution < -0.4 is 5.32 Å². The SMILES string of the molecule is COC(=O)C1=C2Nc3ccccc3[C@@]23CCN2C[C@@H](C(C)=O)C1CC23. The molecule has 1 aromatic rings. The van der Waals surface area contributed by atoms with Gasteiger partial charge in [-0.15, -0.1) is 0 Å². The summed E-state index contributed by atoms with van der Waals surface area (Å²) >= 11 is 0. The molecular formula is C20H22N2O3. The Morgan fingerprint density at radius 1 is 1.32 bits per heavy atom. The first kappa shape index (κ1) is 15.1. The third kappa shape index (κ3) is 1.72. The number of para-hydroxylation sites is 1. The fraction of sp³-hybridized carbons (Fsp3) is 0.500. The van der Waals surface area contributed by atoms with E-state index in [1.165, 1.54) is 12.7 Å². The quantitative estimate of drug-likeness (QED) is 0.837. The average Bonchev–Trinajstić information content (AvgIpc) is 3.17. The van der Waals surface area contributed by atoms with Gasteiger partial charge < -0.3 is 10.1 Å². The van der Waals surface area contributed by atoms with E-state index in [2.05, 4.69) is 28.4 Å². The first-order valence-corrected chi connectivity index (χ1v) is 9.02. The van der Waals surface area contributed by atoms with Gasteiger partial charge in [-0.25, -0.2) is 4.79 Å². The molecule has 3 aliphatic heterocycles. The Kier molecular flexibility index (Phi) is 2.99. The van der Waals surface area contributed by atoms with Crippen molar-refractivity contribution < 1.29 is 14.3 Å². The van der Waals surface area contributed by atoms with Gasteiger partial charge >= 0.3 is 5.97 Å². The first-order valence-electron chi connectivity index (χ1n) is 9.02. The van der Waals surface area contributed by atoms with Gasteiger partial charge in [0, 0.05) is 35.8 Å². The zero-order valence-corrected chi connectivity index (χ0v) is 14.5. The molecule has 2 unspecified atom stereocenters. The summed E-state index contributed by atoms with van der Waals surface area (Å²) in [6, 6.07) is 8.72. The second-order valence-electron chi connectivity index (χ2n) is 7.74. The van der Waals surface area contributed by atoms with Crippen LogP contribution in [0.5, 0.6) is 0 Å². The van der Waals surface area contributed by atoms with Crippen LogP contribution in [0, 0.1) is 11.8 Å². The van der Waals surface area contributed by atoms with Crippen LogP contribution in [0.1, 0.15) is 25.3 Å². The molecule has 5 nitrogen and oxygen atoms in total. The number of carbonyl (C=O) groups is 2. The lowest BCUT2D eigenvalue weighted by atomic mass is 9.60. The van der Waals surface area contributed by atoms with Crippen LogP contribution in [0.3, 0.4) is 0 Å². The second kappa shape index (κ2) is 4.94. The summed E-state index contributed by atoms with van der Waals surface area (Å²) in [5, 5.41) is 3.55. The normalized spacial score (nSPS) is 35.0. The van der Waals surface area contributed by atoms with Crippen molar-refractivity contribution in [3.05, 3.63) is 41.1 Å². The van der Waals surface area contributed by atoms with Gasteiger partial charge in [0.2, 0.25) is 0 Å². The maximum atomic E-state index is 12.8. The van der Waals surface area contributed by atoms with Crippen LogP contribution in [0.2, 0.25) is 0 Å². The molecule has 2 saturated heterocycles. The van der Waals surface area contributed by atoms with E-state index < -0.39 is 0 Å². The van der Waals surface area contributed by atoms with Crippen LogP contribution in [0.25, 0.3) is 0 Å². The number of esters is 1. The van der Waals surface area contributed by atoms with Crippen molar-refractivity contribution in [2.45, 2.75) is 31.2 Å². The summed E-state index contributed by atoms with van der Waals surface area (Å²) in [4.78, 5) is 27.5. The molecule has 130 valence electrons. The fourth-order valence-electron chi connectivity index (χ4n) is 5.86. The van der Waals surface area contributed by atoms with Crippen LogP contribution in [-0.2, 0) is 19.7 Å². The van der Waals surface area contributed by atoms with E-state index in [0.29, 0.717) is 11.6 Å². The minimum absolute atomic E-state index is 0.0470. The summed E-state index contributed by atoms with van der Waals surface area (Å²) in [6.45, 7) is 3.37. The monoisotopic (exact) mass is 338 g/mol. The average molecular weight is 338 g/mol. The fourth-order valence-corrected chi connectivity index (χ4v) is 5.86. The van der Waals surface area contributed by atoms with E-state index >= 15 is 0 Å². The van der Waals surface area contributed by atoms with Crippen molar-refractivity contribution in [1.82, 2.24) is 4.90 Å². The number of anilines is 1. The number of hydrogen-bond donors (Lipinski definition) is 1. The maximum absolute atomic E-state index is 12.8. The number of ketones is 1. The van der Waals surface area contributed by atoms with E-state index in [-0.39, 0.29) is 29.0 Å². The molecule has 25 heavy (non-hydrogen) atoms. The number of benzene rings is 1. The van der Waals surface area contributed by atoms with E-state index in [9.17, 15) is 9.59 Å². The molecule has 1 spiro atoms. The minimum atomic E-state index is -0.287. The zero-order chi connectivity index (χ0) is 17.3. The summed E-state index contributed by atoms with van der Waals surface area (Å²) in [5.41, 5.74) is 3.93. The first-order chi connectivity index (χ1) is 12.1. The smallest absolute Gasteiger partial charge is 0.335 e. The number of nitrogens with zero attached hydrogens (tertiary/aromatic N) is 1. The Labute approximate surface area is 147 Å². The topological polar surface area (TPSA) is 58.6 Å². The molecule has 0 aromatic heterocycles. The summed E-state index contributed by atoms with van der Waals surface area (Å²) in [6.07, 6.45) is 1.84. The molecule has 2 fully saturated rings. The number of methoxy groups -OCH3 is 1. The number of carbonyl (C=O) groups excluding carboxylic acids is 2. The highest BCUT2D eigenvalue weighted by molar-refractivity contribution is 5.95.